The molecule has 85 heavy (non-hydrogen) atoms. The monoisotopic (exact) mass is 1250 g/mol. The Morgan fingerprint density at radius 2 is 0.565 bits per heavy atom. The molecule has 0 saturated carbocycles. The van der Waals surface area contributed by atoms with Crippen molar-refractivity contribution in [1.29, 1.82) is 0 Å². The Morgan fingerprint density at radius 3 is 0.835 bits per heavy atom. The van der Waals surface area contributed by atoms with Crippen molar-refractivity contribution in [3.63, 3.8) is 0 Å². The first-order valence-corrected chi connectivity index (χ1v) is 37.2. The van der Waals surface area contributed by atoms with Gasteiger partial charge in [0.15, 0.2) is 12.2 Å². The molecule has 3 unspecified atom stereocenters. The topological polar surface area (TPSA) is 237 Å². The van der Waals surface area contributed by atoms with Gasteiger partial charge >= 0.3 is 39.5 Å². The zero-order valence-electron chi connectivity index (χ0n) is 55.2. The van der Waals surface area contributed by atoms with Crippen molar-refractivity contribution in [1.82, 2.24) is 0 Å². The number of rotatable bonds is 63. The minimum absolute atomic E-state index is 0.103. The molecule has 0 aromatic carbocycles. The molecule has 0 radical (unpaired) electrons. The second-order valence-corrected chi connectivity index (χ2v) is 28.4. The second-order valence-electron chi connectivity index (χ2n) is 25.5. The predicted octanol–water partition coefficient (Wildman–Crippen LogP) is 18.1. The van der Waals surface area contributed by atoms with Gasteiger partial charge in [0, 0.05) is 25.7 Å². The normalized spacial score (nSPS) is 14.7. The van der Waals surface area contributed by atoms with Crippen molar-refractivity contribution in [2.75, 3.05) is 39.6 Å². The lowest BCUT2D eigenvalue weighted by molar-refractivity contribution is -0.161. The molecule has 0 heterocycles. The number of hydrogen-bond acceptors (Lipinski definition) is 15. The molecule has 17 nitrogen and oxygen atoms in total. The Hall–Kier alpha value is -1.94. The van der Waals surface area contributed by atoms with Crippen LogP contribution in [-0.2, 0) is 65.4 Å². The Labute approximate surface area is 517 Å². The van der Waals surface area contributed by atoms with Gasteiger partial charge in [-0.15, -0.1) is 0 Å². The first kappa shape index (κ1) is 83.1. The molecule has 0 aliphatic carbocycles. The summed E-state index contributed by atoms with van der Waals surface area (Å²) in [6, 6.07) is 0. The summed E-state index contributed by atoms with van der Waals surface area (Å²) in [7, 11) is -9.89. The molecule has 3 N–H and O–H groups in total. The Balaban J connectivity index is 5.24. The van der Waals surface area contributed by atoms with Gasteiger partial charge in [-0.2, -0.15) is 0 Å². The highest BCUT2D eigenvalue weighted by Gasteiger charge is 2.30. The van der Waals surface area contributed by atoms with E-state index in [0.29, 0.717) is 31.6 Å². The molecule has 504 valence electrons. The zero-order chi connectivity index (χ0) is 63.2. The molecule has 0 amide bonds. The number of unbranched alkanes of at least 4 members (excludes halogenated alkanes) is 28. The summed E-state index contributed by atoms with van der Waals surface area (Å²) in [4.78, 5) is 72.3. The first-order valence-electron chi connectivity index (χ1n) is 34.2. The van der Waals surface area contributed by atoms with Crippen LogP contribution in [0.2, 0.25) is 0 Å². The van der Waals surface area contributed by atoms with Gasteiger partial charge in [-0.1, -0.05) is 267 Å². The summed E-state index contributed by atoms with van der Waals surface area (Å²) in [6.07, 6.45) is 36.4. The Morgan fingerprint density at radius 1 is 0.329 bits per heavy atom. The van der Waals surface area contributed by atoms with Gasteiger partial charge in [-0.05, 0) is 49.4 Å². The van der Waals surface area contributed by atoms with Crippen LogP contribution in [0, 0.1) is 23.7 Å². The quantitative estimate of drug-likeness (QED) is 0.0222. The SMILES string of the molecule is CCC(C)CCCCCCCCCCCCC(=O)OC[C@H](COP(=O)(O)OC[C@@H](O)COP(=O)(O)OC[C@@H](COC(=O)CCCCCCCCC(C)C)OC(=O)CCCCCCCCCCC(C)C)OC(=O)CCCCCCCCCCC(C)C. The van der Waals surface area contributed by atoms with E-state index in [4.69, 9.17) is 37.0 Å². The van der Waals surface area contributed by atoms with Crippen molar-refractivity contribution < 1.29 is 80.2 Å². The number of carbonyl (C=O) groups excluding carboxylic acids is 4. The van der Waals surface area contributed by atoms with E-state index in [2.05, 4.69) is 55.4 Å². The van der Waals surface area contributed by atoms with Crippen LogP contribution in [-0.4, -0.2) is 96.7 Å². The third-order valence-corrected chi connectivity index (χ3v) is 17.3. The molecule has 0 spiro atoms. The van der Waals surface area contributed by atoms with Crippen LogP contribution in [0.3, 0.4) is 0 Å². The lowest BCUT2D eigenvalue weighted by Gasteiger charge is -2.21. The number of phosphoric ester groups is 2. The fraction of sp³-hybridized carbons (Fsp3) is 0.939. The summed E-state index contributed by atoms with van der Waals surface area (Å²) < 4.78 is 68.1. The number of ether oxygens (including phenoxy) is 4. The summed E-state index contributed by atoms with van der Waals surface area (Å²) >= 11 is 0. The van der Waals surface area contributed by atoms with E-state index in [9.17, 15) is 43.2 Å². The Bertz CT molecular complexity index is 1700. The van der Waals surface area contributed by atoms with E-state index in [-0.39, 0.29) is 25.7 Å². The van der Waals surface area contributed by atoms with Crippen LogP contribution < -0.4 is 0 Å². The summed E-state index contributed by atoms with van der Waals surface area (Å²) in [5.41, 5.74) is 0. The first-order chi connectivity index (χ1) is 40.6. The second kappa shape index (κ2) is 56.1. The van der Waals surface area contributed by atoms with Gasteiger partial charge in [-0.25, -0.2) is 9.13 Å². The minimum Gasteiger partial charge on any atom is -0.462 e. The largest absolute Gasteiger partial charge is 0.472 e. The van der Waals surface area contributed by atoms with Crippen LogP contribution in [0.4, 0.5) is 0 Å². The maximum absolute atomic E-state index is 13.0. The van der Waals surface area contributed by atoms with E-state index in [1.807, 2.05) is 0 Å². The van der Waals surface area contributed by atoms with Gasteiger partial charge in [0.25, 0.3) is 0 Å². The van der Waals surface area contributed by atoms with Crippen molar-refractivity contribution in [2.45, 2.75) is 337 Å². The Kier molecular flexibility index (Phi) is 54.8. The molecule has 0 fully saturated rings. The number of hydrogen-bond donors (Lipinski definition) is 3. The average Bonchev–Trinajstić information content (AvgIpc) is 3.56. The van der Waals surface area contributed by atoms with E-state index >= 15 is 0 Å². The highest BCUT2D eigenvalue weighted by molar-refractivity contribution is 7.47. The molecule has 0 bridgehead atoms. The third kappa shape index (κ3) is 59.5. The van der Waals surface area contributed by atoms with Crippen molar-refractivity contribution in [2.24, 2.45) is 23.7 Å². The molecule has 0 aromatic rings. The molecular formula is C66H128O17P2. The molecule has 6 atom stereocenters. The van der Waals surface area contributed by atoms with Crippen molar-refractivity contribution >= 4 is 39.5 Å². The lowest BCUT2D eigenvalue weighted by atomic mass is 9.99. The summed E-state index contributed by atoms with van der Waals surface area (Å²) in [5.74, 6) is 0.786. The third-order valence-electron chi connectivity index (χ3n) is 15.4. The van der Waals surface area contributed by atoms with Crippen LogP contribution in [0.25, 0.3) is 0 Å². The van der Waals surface area contributed by atoms with Crippen LogP contribution in [0.15, 0.2) is 0 Å². The highest BCUT2D eigenvalue weighted by atomic mass is 31.2. The van der Waals surface area contributed by atoms with E-state index in [1.165, 1.54) is 116 Å². The molecule has 0 aliphatic heterocycles. The maximum atomic E-state index is 13.0. The van der Waals surface area contributed by atoms with E-state index in [1.54, 1.807) is 0 Å². The molecule has 0 aliphatic rings. The number of esters is 4. The zero-order valence-corrected chi connectivity index (χ0v) is 57.0. The van der Waals surface area contributed by atoms with E-state index in [0.717, 1.165) is 114 Å². The molecule has 19 heteroatoms. The summed E-state index contributed by atoms with van der Waals surface area (Å²) in [6.45, 7) is 14.0. The van der Waals surface area contributed by atoms with Gasteiger partial charge in [0.05, 0.1) is 26.4 Å². The molecule has 0 rings (SSSR count). The number of aliphatic hydroxyl groups is 1. The molecular weight excluding hydrogens is 1130 g/mol. The average molecular weight is 1260 g/mol. The van der Waals surface area contributed by atoms with Crippen LogP contribution in [0.5, 0.6) is 0 Å². The summed E-state index contributed by atoms with van der Waals surface area (Å²) in [5, 5.41) is 10.5. The van der Waals surface area contributed by atoms with Crippen LogP contribution >= 0.6 is 15.6 Å². The van der Waals surface area contributed by atoms with Crippen LogP contribution in [0.1, 0.15) is 319 Å². The van der Waals surface area contributed by atoms with Gasteiger partial charge < -0.3 is 33.8 Å². The van der Waals surface area contributed by atoms with E-state index < -0.39 is 97.5 Å². The number of phosphoric acid groups is 2. The highest BCUT2D eigenvalue weighted by Crippen LogP contribution is 2.45. The molecule has 0 aromatic heterocycles. The fourth-order valence-corrected chi connectivity index (χ4v) is 11.3. The number of carbonyl (C=O) groups is 4. The maximum Gasteiger partial charge on any atom is 0.472 e. The smallest absolute Gasteiger partial charge is 0.462 e. The number of aliphatic hydroxyl groups excluding tert-OH is 1. The van der Waals surface area contributed by atoms with Crippen molar-refractivity contribution in [3.05, 3.63) is 0 Å². The molecule has 0 saturated heterocycles. The minimum atomic E-state index is -4.95. The standard InChI is InChI=1S/C66H128O17P2/c1-9-59(8)45-37-29-20-12-10-11-13-21-30-38-46-63(68)76-52-61(82-65(70)48-40-32-22-16-14-18-26-34-42-56(2)3)54-80-84(72,73)78-50-60(67)51-79-85(74,75)81-55-62(53-77-64(69)47-39-31-25-24-28-36-44-58(6)7)83-66(71)49-41-33-23-17-15-19-27-35-43-57(4)5/h56-62,67H,9-55H2,1-8H3,(H,72,73)(H,74,75)/t59?,60-,61-,62-/m1/s1. The fourth-order valence-electron chi connectivity index (χ4n) is 9.75. The van der Waals surface area contributed by atoms with Gasteiger partial charge in [-0.3, -0.25) is 37.3 Å². The van der Waals surface area contributed by atoms with Crippen molar-refractivity contribution in [3.8, 4) is 0 Å². The predicted molar refractivity (Wildman–Crippen MR) is 340 cm³/mol. The van der Waals surface area contributed by atoms with Gasteiger partial charge in [0.2, 0.25) is 0 Å². The lowest BCUT2D eigenvalue weighted by Crippen LogP contribution is -2.30. The van der Waals surface area contributed by atoms with Gasteiger partial charge in [0.1, 0.15) is 19.3 Å².